The lowest BCUT2D eigenvalue weighted by molar-refractivity contribution is -0.140. The fourth-order valence-corrected chi connectivity index (χ4v) is 2.17. The zero-order valence-electron chi connectivity index (χ0n) is 11.3. The van der Waals surface area contributed by atoms with Gasteiger partial charge in [-0.05, 0) is 23.6 Å². The first-order chi connectivity index (χ1) is 9.22. The predicted molar refractivity (Wildman–Crippen MR) is 66.4 cm³/mol. The van der Waals surface area contributed by atoms with Crippen LogP contribution in [0.1, 0.15) is 43.9 Å². The first-order valence-electron chi connectivity index (χ1n) is 6.45. The molecule has 1 rings (SSSR count). The molecule has 0 aliphatic carbocycles. The summed E-state index contributed by atoms with van der Waals surface area (Å²) in [5, 5.41) is 19.9. The summed E-state index contributed by atoms with van der Waals surface area (Å²) in [6.07, 6.45) is -6.10. The van der Waals surface area contributed by atoms with Crippen molar-refractivity contribution in [1.82, 2.24) is 0 Å². The van der Waals surface area contributed by atoms with Crippen molar-refractivity contribution < 1.29 is 27.8 Å². The van der Waals surface area contributed by atoms with E-state index in [1.165, 1.54) is 0 Å². The molecule has 2 N–H and O–H groups in total. The van der Waals surface area contributed by atoms with Gasteiger partial charge in [0, 0.05) is 0 Å². The van der Waals surface area contributed by atoms with Gasteiger partial charge in [-0.25, -0.2) is 4.39 Å². The first kappa shape index (κ1) is 16.9. The number of aliphatic hydroxyl groups is 2. The van der Waals surface area contributed by atoms with Crippen LogP contribution < -0.4 is 0 Å². The van der Waals surface area contributed by atoms with Crippen LogP contribution in [0.4, 0.5) is 17.6 Å². The van der Waals surface area contributed by atoms with Crippen molar-refractivity contribution in [3.05, 3.63) is 35.1 Å². The lowest BCUT2D eigenvalue weighted by Gasteiger charge is -2.25. The van der Waals surface area contributed by atoms with E-state index >= 15 is 0 Å². The summed E-state index contributed by atoms with van der Waals surface area (Å²) in [6, 6.07) is 2.19. The molecule has 1 aromatic carbocycles. The Balaban J connectivity index is 3.01. The Morgan fingerprint density at radius 3 is 2.05 bits per heavy atom. The van der Waals surface area contributed by atoms with Crippen LogP contribution >= 0.6 is 0 Å². The lowest BCUT2D eigenvalue weighted by Crippen LogP contribution is -2.27. The lowest BCUT2D eigenvalue weighted by atomic mass is 9.89. The monoisotopic (exact) mass is 294 g/mol. The molecule has 20 heavy (non-hydrogen) atoms. The molecule has 0 aliphatic rings. The smallest absolute Gasteiger partial charge is 0.390 e. The van der Waals surface area contributed by atoms with E-state index in [4.69, 9.17) is 0 Å². The first-order valence-corrected chi connectivity index (χ1v) is 6.45. The van der Waals surface area contributed by atoms with Gasteiger partial charge in [0.1, 0.15) is 11.9 Å². The highest BCUT2D eigenvalue weighted by Gasteiger charge is 2.35. The van der Waals surface area contributed by atoms with Crippen molar-refractivity contribution in [1.29, 1.82) is 0 Å². The standard InChI is InChI=1S/C14H18F4O2/c1-3-8(4-2)12(19)13(20)9-5-6-10(11(15)7-9)14(16,17)18/h5-8,12-13,19-20H,3-4H2,1-2H3. The van der Waals surface area contributed by atoms with E-state index in [-0.39, 0.29) is 11.5 Å². The molecule has 0 fully saturated rings. The molecular formula is C14H18F4O2. The Kier molecular flexibility index (Phi) is 5.53. The molecule has 1 aromatic rings. The van der Waals surface area contributed by atoms with Crippen LogP contribution in [0.15, 0.2) is 18.2 Å². The number of alkyl halides is 3. The summed E-state index contributed by atoms with van der Waals surface area (Å²) in [5.74, 6) is -1.65. The zero-order chi connectivity index (χ0) is 15.5. The van der Waals surface area contributed by atoms with E-state index in [0.717, 1.165) is 6.07 Å². The highest BCUT2D eigenvalue weighted by atomic mass is 19.4. The molecule has 0 bridgehead atoms. The van der Waals surface area contributed by atoms with Crippen LogP contribution in [0.2, 0.25) is 0 Å². The molecule has 0 saturated carbocycles. The summed E-state index contributed by atoms with van der Waals surface area (Å²) < 4.78 is 50.7. The Labute approximate surface area is 115 Å². The van der Waals surface area contributed by atoms with Crippen molar-refractivity contribution in [3.8, 4) is 0 Å². The number of halogens is 4. The minimum absolute atomic E-state index is 0.0603. The third-order valence-electron chi connectivity index (χ3n) is 3.50. The van der Waals surface area contributed by atoms with Crippen LogP contribution in [0.25, 0.3) is 0 Å². The van der Waals surface area contributed by atoms with Gasteiger partial charge in [-0.3, -0.25) is 0 Å². The topological polar surface area (TPSA) is 40.5 Å². The molecule has 114 valence electrons. The van der Waals surface area contributed by atoms with Crippen LogP contribution in [-0.4, -0.2) is 16.3 Å². The predicted octanol–water partition coefficient (Wildman–Crippen LogP) is 3.68. The van der Waals surface area contributed by atoms with Gasteiger partial charge in [-0.1, -0.05) is 32.8 Å². The Hall–Kier alpha value is -1.14. The maximum atomic E-state index is 13.4. The normalized spacial score (nSPS) is 15.4. The van der Waals surface area contributed by atoms with Crippen LogP contribution in [0.5, 0.6) is 0 Å². The van der Waals surface area contributed by atoms with Gasteiger partial charge < -0.3 is 10.2 Å². The van der Waals surface area contributed by atoms with Gasteiger partial charge in [0.2, 0.25) is 0 Å². The second-order valence-corrected chi connectivity index (χ2v) is 4.75. The SMILES string of the molecule is CCC(CC)C(O)C(O)c1ccc(C(F)(F)F)c(F)c1. The van der Waals surface area contributed by atoms with E-state index in [1.54, 1.807) is 0 Å². The van der Waals surface area contributed by atoms with E-state index in [9.17, 15) is 27.8 Å². The second-order valence-electron chi connectivity index (χ2n) is 4.75. The van der Waals surface area contributed by atoms with Crippen LogP contribution in [0.3, 0.4) is 0 Å². The maximum absolute atomic E-state index is 13.4. The molecule has 0 saturated heterocycles. The second kappa shape index (κ2) is 6.54. The van der Waals surface area contributed by atoms with E-state index in [0.29, 0.717) is 25.0 Å². The minimum Gasteiger partial charge on any atom is -0.390 e. The molecule has 0 heterocycles. The fraction of sp³-hybridized carbons (Fsp3) is 0.571. The van der Waals surface area contributed by atoms with Crippen LogP contribution in [0, 0.1) is 11.7 Å². The molecule has 0 aliphatic heterocycles. The van der Waals surface area contributed by atoms with Gasteiger partial charge in [-0.15, -0.1) is 0 Å². The summed E-state index contributed by atoms with van der Waals surface area (Å²) in [4.78, 5) is 0. The highest BCUT2D eigenvalue weighted by Crippen LogP contribution is 2.33. The summed E-state index contributed by atoms with van der Waals surface area (Å²) in [7, 11) is 0. The number of hydrogen-bond donors (Lipinski definition) is 2. The van der Waals surface area contributed by atoms with E-state index < -0.39 is 29.8 Å². The van der Waals surface area contributed by atoms with Gasteiger partial charge >= 0.3 is 6.18 Å². The van der Waals surface area contributed by atoms with Gasteiger partial charge in [0.25, 0.3) is 0 Å². The summed E-state index contributed by atoms with van der Waals surface area (Å²) in [5.41, 5.74) is -1.44. The van der Waals surface area contributed by atoms with E-state index in [1.807, 2.05) is 13.8 Å². The van der Waals surface area contributed by atoms with Crippen molar-refractivity contribution in [2.75, 3.05) is 0 Å². The largest absolute Gasteiger partial charge is 0.419 e. The fourth-order valence-electron chi connectivity index (χ4n) is 2.17. The Morgan fingerprint density at radius 1 is 1.10 bits per heavy atom. The molecule has 2 nitrogen and oxygen atoms in total. The third kappa shape index (κ3) is 3.70. The van der Waals surface area contributed by atoms with Crippen molar-refractivity contribution in [2.45, 2.75) is 45.1 Å². The molecule has 2 unspecified atom stereocenters. The minimum atomic E-state index is -4.78. The number of rotatable bonds is 5. The molecule has 0 spiro atoms. The molecule has 2 atom stereocenters. The number of hydrogen-bond acceptors (Lipinski definition) is 2. The average Bonchev–Trinajstić information content (AvgIpc) is 2.37. The maximum Gasteiger partial charge on any atom is 0.419 e. The van der Waals surface area contributed by atoms with Crippen molar-refractivity contribution in [3.63, 3.8) is 0 Å². The van der Waals surface area contributed by atoms with Gasteiger partial charge in [0.05, 0.1) is 11.7 Å². The molecule has 0 radical (unpaired) electrons. The number of aliphatic hydroxyl groups excluding tert-OH is 2. The van der Waals surface area contributed by atoms with Crippen molar-refractivity contribution >= 4 is 0 Å². The third-order valence-corrected chi connectivity index (χ3v) is 3.50. The molecule has 0 amide bonds. The summed E-state index contributed by atoms with van der Waals surface area (Å²) >= 11 is 0. The summed E-state index contributed by atoms with van der Waals surface area (Å²) in [6.45, 7) is 3.66. The molecule has 0 aromatic heterocycles. The highest BCUT2D eigenvalue weighted by molar-refractivity contribution is 5.28. The average molecular weight is 294 g/mol. The zero-order valence-corrected chi connectivity index (χ0v) is 11.3. The van der Waals surface area contributed by atoms with Crippen LogP contribution in [-0.2, 0) is 6.18 Å². The molecular weight excluding hydrogens is 276 g/mol. The van der Waals surface area contributed by atoms with Gasteiger partial charge in [0.15, 0.2) is 0 Å². The Bertz CT molecular complexity index is 441. The van der Waals surface area contributed by atoms with Gasteiger partial charge in [-0.2, -0.15) is 13.2 Å². The van der Waals surface area contributed by atoms with Crippen molar-refractivity contribution in [2.24, 2.45) is 5.92 Å². The molecule has 6 heteroatoms. The quantitative estimate of drug-likeness (QED) is 0.813. The van der Waals surface area contributed by atoms with E-state index in [2.05, 4.69) is 0 Å². The Morgan fingerprint density at radius 2 is 1.65 bits per heavy atom. The number of benzene rings is 1.